The van der Waals surface area contributed by atoms with Gasteiger partial charge in [0, 0.05) is 33.5 Å². The molecule has 0 aliphatic rings. The van der Waals surface area contributed by atoms with Crippen LogP contribution in [0.2, 0.25) is 0 Å². The SMILES string of the molecule is CCCCOC(=O)c1ccc(NC(=O)CSc2ccc(NC(=O)/C(=C/c3cc(OC)c(OC)cc3OC)NC(=O)c3ccccc3)cc2)cc1. The Hall–Kier alpha value is -5.75. The molecule has 4 aromatic rings. The summed E-state index contributed by atoms with van der Waals surface area (Å²) in [6, 6.07) is 25.3. The molecule has 0 heterocycles. The van der Waals surface area contributed by atoms with E-state index in [1.807, 2.05) is 6.92 Å². The van der Waals surface area contributed by atoms with Crippen molar-refractivity contribution in [1.82, 2.24) is 5.32 Å². The highest BCUT2D eigenvalue weighted by Gasteiger charge is 2.18. The van der Waals surface area contributed by atoms with Crippen LogP contribution in [0.15, 0.2) is 102 Å². The third kappa shape index (κ3) is 10.6. The molecular formula is C38H39N3O8S. The molecule has 0 fully saturated rings. The van der Waals surface area contributed by atoms with Gasteiger partial charge in [-0.2, -0.15) is 0 Å². The van der Waals surface area contributed by atoms with Gasteiger partial charge in [0.25, 0.3) is 11.8 Å². The summed E-state index contributed by atoms with van der Waals surface area (Å²) in [5, 5.41) is 8.35. The van der Waals surface area contributed by atoms with Crippen molar-refractivity contribution in [1.29, 1.82) is 0 Å². The number of unbranched alkanes of at least 4 members (excludes halogenated alkanes) is 1. The van der Waals surface area contributed by atoms with Crippen molar-refractivity contribution < 1.29 is 38.1 Å². The predicted octanol–water partition coefficient (Wildman–Crippen LogP) is 6.81. The van der Waals surface area contributed by atoms with Gasteiger partial charge < -0.3 is 34.9 Å². The fourth-order valence-corrected chi connectivity index (χ4v) is 5.22. The molecule has 0 aromatic heterocycles. The molecule has 0 aliphatic carbocycles. The molecule has 0 saturated carbocycles. The van der Waals surface area contributed by atoms with Gasteiger partial charge in [0.1, 0.15) is 11.4 Å². The molecule has 0 unspecified atom stereocenters. The zero-order valence-electron chi connectivity index (χ0n) is 28.2. The first kappa shape index (κ1) is 37.1. The van der Waals surface area contributed by atoms with Crippen molar-refractivity contribution in [3.05, 3.63) is 113 Å². The minimum Gasteiger partial charge on any atom is -0.496 e. The van der Waals surface area contributed by atoms with Crippen molar-refractivity contribution >= 4 is 52.9 Å². The van der Waals surface area contributed by atoms with Gasteiger partial charge in [-0.3, -0.25) is 14.4 Å². The summed E-state index contributed by atoms with van der Waals surface area (Å²) in [5.41, 5.74) is 2.25. The lowest BCUT2D eigenvalue weighted by Gasteiger charge is -2.15. The number of amides is 3. The van der Waals surface area contributed by atoms with E-state index in [2.05, 4.69) is 16.0 Å². The van der Waals surface area contributed by atoms with Gasteiger partial charge in [-0.1, -0.05) is 31.5 Å². The average molecular weight is 698 g/mol. The third-order valence-corrected chi connectivity index (χ3v) is 8.19. The molecule has 4 rings (SSSR count). The van der Waals surface area contributed by atoms with Crippen LogP contribution >= 0.6 is 11.8 Å². The van der Waals surface area contributed by atoms with Gasteiger partial charge in [-0.15, -0.1) is 11.8 Å². The highest BCUT2D eigenvalue weighted by Crippen LogP contribution is 2.35. The first-order valence-electron chi connectivity index (χ1n) is 15.7. The molecule has 0 spiro atoms. The summed E-state index contributed by atoms with van der Waals surface area (Å²) in [6.45, 7) is 2.39. The van der Waals surface area contributed by atoms with Crippen molar-refractivity contribution in [2.24, 2.45) is 0 Å². The molecule has 0 aliphatic heterocycles. The van der Waals surface area contributed by atoms with Crippen LogP contribution in [0.1, 0.15) is 46.0 Å². The fourth-order valence-electron chi connectivity index (χ4n) is 4.52. The number of hydrogen-bond donors (Lipinski definition) is 3. The van der Waals surface area contributed by atoms with Crippen LogP contribution in [0.25, 0.3) is 6.08 Å². The van der Waals surface area contributed by atoms with Crippen LogP contribution in [0, 0.1) is 0 Å². The number of hydrogen-bond acceptors (Lipinski definition) is 9. The molecule has 11 nitrogen and oxygen atoms in total. The Labute approximate surface area is 295 Å². The van der Waals surface area contributed by atoms with Gasteiger partial charge in [-0.05, 0) is 79.2 Å². The van der Waals surface area contributed by atoms with Crippen molar-refractivity contribution in [2.45, 2.75) is 24.7 Å². The number of carbonyl (C=O) groups excluding carboxylic acids is 4. The number of rotatable bonds is 16. The van der Waals surface area contributed by atoms with E-state index in [4.69, 9.17) is 18.9 Å². The van der Waals surface area contributed by atoms with E-state index in [0.29, 0.717) is 51.9 Å². The Morgan fingerprint density at radius 2 is 1.34 bits per heavy atom. The molecule has 3 amide bonds. The highest BCUT2D eigenvalue weighted by atomic mass is 32.2. The maximum Gasteiger partial charge on any atom is 0.338 e. The molecule has 12 heteroatoms. The molecular weight excluding hydrogens is 658 g/mol. The van der Waals surface area contributed by atoms with E-state index in [-0.39, 0.29) is 17.4 Å². The molecule has 0 atom stereocenters. The highest BCUT2D eigenvalue weighted by molar-refractivity contribution is 8.00. The van der Waals surface area contributed by atoms with E-state index in [1.165, 1.54) is 39.2 Å². The predicted molar refractivity (Wildman–Crippen MR) is 194 cm³/mol. The Bertz CT molecular complexity index is 1810. The Kier molecular flexibility index (Phi) is 13.9. The van der Waals surface area contributed by atoms with Gasteiger partial charge in [-0.25, -0.2) is 4.79 Å². The summed E-state index contributed by atoms with van der Waals surface area (Å²) in [4.78, 5) is 52.1. The zero-order chi connectivity index (χ0) is 35.9. The topological polar surface area (TPSA) is 141 Å². The van der Waals surface area contributed by atoms with Crippen LogP contribution in [-0.2, 0) is 14.3 Å². The second-order valence-corrected chi connectivity index (χ2v) is 11.8. The number of anilines is 2. The quantitative estimate of drug-likeness (QED) is 0.0498. The second-order valence-electron chi connectivity index (χ2n) is 10.7. The number of ether oxygens (including phenoxy) is 4. The van der Waals surface area contributed by atoms with E-state index in [9.17, 15) is 19.2 Å². The Morgan fingerprint density at radius 3 is 1.98 bits per heavy atom. The maximum absolute atomic E-state index is 13.6. The van der Waals surface area contributed by atoms with E-state index >= 15 is 0 Å². The molecule has 50 heavy (non-hydrogen) atoms. The van der Waals surface area contributed by atoms with Crippen LogP contribution < -0.4 is 30.2 Å². The van der Waals surface area contributed by atoms with Crippen molar-refractivity contribution in [2.75, 3.05) is 44.3 Å². The van der Waals surface area contributed by atoms with Gasteiger partial charge in [0.05, 0.1) is 39.3 Å². The molecule has 260 valence electrons. The van der Waals surface area contributed by atoms with Gasteiger partial charge in [0.15, 0.2) is 11.5 Å². The molecule has 0 bridgehead atoms. The smallest absolute Gasteiger partial charge is 0.338 e. The monoisotopic (exact) mass is 697 g/mol. The summed E-state index contributed by atoms with van der Waals surface area (Å²) in [5.74, 6) is -0.290. The standard InChI is InChI=1S/C38H39N3O8S/c1-5-6-20-49-38(45)26-12-14-28(15-13-26)39-35(42)24-50-30-18-16-29(17-19-30)40-37(44)31(41-36(43)25-10-8-7-9-11-25)21-27-22-33(47-3)34(48-4)23-32(27)46-2/h7-19,21-23H,5-6,20,24H2,1-4H3,(H,39,42)(H,40,44)(H,41,43)/b31-21-. The van der Waals surface area contributed by atoms with Crippen LogP contribution in [-0.4, -0.2) is 57.4 Å². The first-order chi connectivity index (χ1) is 24.2. The number of esters is 1. The van der Waals surface area contributed by atoms with Gasteiger partial charge in [0.2, 0.25) is 5.91 Å². The molecule has 3 N–H and O–H groups in total. The third-order valence-electron chi connectivity index (χ3n) is 7.18. The lowest BCUT2D eigenvalue weighted by atomic mass is 10.1. The van der Waals surface area contributed by atoms with E-state index in [1.54, 1.807) is 91.0 Å². The second kappa shape index (κ2) is 18.7. The van der Waals surface area contributed by atoms with Crippen LogP contribution in [0.4, 0.5) is 11.4 Å². The first-order valence-corrected chi connectivity index (χ1v) is 16.7. The number of carbonyl (C=O) groups is 4. The molecule has 0 saturated heterocycles. The number of benzene rings is 4. The lowest BCUT2D eigenvalue weighted by molar-refractivity contribution is -0.114. The van der Waals surface area contributed by atoms with Gasteiger partial charge >= 0.3 is 5.97 Å². The zero-order valence-corrected chi connectivity index (χ0v) is 29.1. The lowest BCUT2D eigenvalue weighted by Crippen LogP contribution is -2.30. The Morgan fingerprint density at radius 1 is 0.720 bits per heavy atom. The summed E-state index contributed by atoms with van der Waals surface area (Å²) >= 11 is 1.32. The van der Waals surface area contributed by atoms with Crippen molar-refractivity contribution in [3.63, 3.8) is 0 Å². The largest absolute Gasteiger partial charge is 0.496 e. The van der Waals surface area contributed by atoms with E-state index in [0.717, 1.165) is 17.7 Å². The Balaban J connectivity index is 1.41. The fraction of sp³-hybridized carbons (Fsp3) is 0.211. The minimum absolute atomic E-state index is 0.0408. The number of methoxy groups -OCH3 is 3. The van der Waals surface area contributed by atoms with Crippen LogP contribution in [0.5, 0.6) is 17.2 Å². The number of nitrogens with one attached hydrogen (secondary N) is 3. The normalized spacial score (nSPS) is 10.8. The van der Waals surface area contributed by atoms with Crippen LogP contribution in [0.3, 0.4) is 0 Å². The van der Waals surface area contributed by atoms with E-state index < -0.39 is 17.8 Å². The van der Waals surface area contributed by atoms with Crippen molar-refractivity contribution in [3.8, 4) is 17.2 Å². The summed E-state index contributed by atoms with van der Waals surface area (Å²) < 4.78 is 21.5. The minimum atomic E-state index is -0.578. The summed E-state index contributed by atoms with van der Waals surface area (Å²) in [6.07, 6.45) is 3.23. The maximum atomic E-state index is 13.6. The number of thioether (sulfide) groups is 1. The summed E-state index contributed by atoms with van der Waals surface area (Å²) in [7, 11) is 4.48. The molecule has 0 radical (unpaired) electrons. The average Bonchev–Trinajstić information content (AvgIpc) is 3.14. The molecule has 4 aromatic carbocycles.